The molecule has 0 aliphatic heterocycles. The third-order valence-corrected chi connectivity index (χ3v) is 3.79. The molecule has 1 aliphatic rings. The Morgan fingerprint density at radius 2 is 2.28 bits per heavy atom. The van der Waals surface area contributed by atoms with E-state index in [0.29, 0.717) is 12.2 Å². The third kappa shape index (κ3) is 2.82. The summed E-state index contributed by atoms with van der Waals surface area (Å²) in [6, 6.07) is 4.25. The van der Waals surface area contributed by atoms with Crippen molar-refractivity contribution in [3.63, 3.8) is 0 Å². The fourth-order valence-electron chi connectivity index (χ4n) is 2.47. The van der Waals surface area contributed by atoms with Crippen LogP contribution < -0.4 is 11.1 Å². The van der Waals surface area contributed by atoms with E-state index in [1.54, 1.807) is 6.07 Å². The number of carbonyl (C=O) groups is 1. The maximum Gasteiger partial charge on any atom is 0.227 e. The zero-order valence-electron chi connectivity index (χ0n) is 9.96. The van der Waals surface area contributed by atoms with Crippen molar-refractivity contribution in [2.24, 2.45) is 17.6 Å². The molecule has 0 aromatic heterocycles. The molecule has 0 unspecified atom stereocenters. The molecule has 1 saturated carbocycles. The molecule has 0 heterocycles. The molecule has 2 rings (SSSR count). The molecule has 18 heavy (non-hydrogen) atoms. The fourth-order valence-corrected chi connectivity index (χ4v) is 2.59. The number of carbonyl (C=O) groups excluding carboxylic acids is 1. The van der Waals surface area contributed by atoms with Gasteiger partial charge in [0.25, 0.3) is 0 Å². The van der Waals surface area contributed by atoms with Gasteiger partial charge in [0.15, 0.2) is 0 Å². The van der Waals surface area contributed by atoms with Crippen LogP contribution in [0.15, 0.2) is 18.2 Å². The Morgan fingerprint density at radius 3 is 2.94 bits per heavy atom. The molecule has 1 aliphatic carbocycles. The number of nitrogens with two attached hydrogens (primary N) is 1. The quantitative estimate of drug-likeness (QED) is 0.887. The Balaban J connectivity index is 2.04. The Labute approximate surface area is 111 Å². The topological polar surface area (TPSA) is 55.1 Å². The molecule has 0 spiro atoms. The Kier molecular flexibility index (Phi) is 4.19. The zero-order chi connectivity index (χ0) is 13.1. The highest BCUT2D eigenvalue weighted by Gasteiger charge is 2.31. The zero-order valence-corrected chi connectivity index (χ0v) is 10.7. The molecule has 0 saturated heterocycles. The normalized spacial score (nSPS) is 23.1. The van der Waals surface area contributed by atoms with E-state index in [4.69, 9.17) is 17.3 Å². The van der Waals surface area contributed by atoms with Gasteiger partial charge in [-0.1, -0.05) is 18.0 Å². The summed E-state index contributed by atoms with van der Waals surface area (Å²) < 4.78 is 13.2. The molecular formula is C13H16ClFN2O. The monoisotopic (exact) mass is 270 g/mol. The Morgan fingerprint density at radius 1 is 1.50 bits per heavy atom. The number of halogens is 2. The van der Waals surface area contributed by atoms with Gasteiger partial charge in [-0.3, -0.25) is 4.79 Å². The van der Waals surface area contributed by atoms with Crippen LogP contribution in [0.4, 0.5) is 10.1 Å². The first kappa shape index (κ1) is 13.3. The minimum absolute atomic E-state index is 0.0497. The lowest BCUT2D eigenvalue weighted by atomic mass is 9.95. The second-order valence-electron chi connectivity index (χ2n) is 4.65. The van der Waals surface area contributed by atoms with E-state index in [1.165, 1.54) is 12.1 Å². The lowest BCUT2D eigenvalue weighted by Gasteiger charge is -2.17. The van der Waals surface area contributed by atoms with E-state index in [0.717, 1.165) is 19.3 Å². The minimum atomic E-state index is -0.531. The first-order valence-electron chi connectivity index (χ1n) is 6.08. The standard InChI is InChI=1S/C13H16ClFN2O/c14-11-5-4-9(6-12(11)15)17-13(18)10-3-1-2-8(10)7-16/h4-6,8,10H,1-3,7,16H2,(H,17,18)/t8-,10-/m1/s1. The highest BCUT2D eigenvalue weighted by Crippen LogP contribution is 2.32. The summed E-state index contributed by atoms with van der Waals surface area (Å²) >= 11 is 5.59. The van der Waals surface area contributed by atoms with Gasteiger partial charge in [0.2, 0.25) is 5.91 Å². The molecule has 98 valence electrons. The average Bonchev–Trinajstić information content (AvgIpc) is 2.82. The van der Waals surface area contributed by atoms with Gasteiger partial charge in [-0.25, -0.2) is 4.39 Å². The first-order valence-corrected chi connectivity index (χ1v) is 6.45. The third-order valence-electron chi connectivity index (χ3n) is 3.49. The molecule has 1 amide bonds. The predicted octanol–water partition coefficient (Wildman–Crippen LogP) is 2.79. The van der Waals surface area contributed by atoms with Gasteiger partial charge in [-0.15, -0.1) is 0 Å². The van der Waals surface area contributed by atoms with Crippen LogP contribution in [0.25, 0.3) is 0 Å². The molecule has 0 radical (unpaired) electrons. The van der Waals surface area contributed by atoms with Crippen molar-refractivity contribution in [2.75, 3.05) is 11.9 Å². The summed E-state index contributed by atoms with van der Waals surface area (Å²) in [6.07, 6.45) is 2.86. The minimum Gasteiger partial charge on any atom is -0.330 e. The molecular weight excluding hydrogens is 255 g/mol. The molecule has 1 aromatic carbocycles. The number of nitrogens with one attached hydrogen (secondary N) is 1. The van der Waals surface area contributed by atoms with E-state index in [2.05, 4.69) is 5.32 Å². The second kappa shape index (κ2) is 5.67. The number of rotatable bonds is 3. The van der Waals surface area contributed by atoms with E-state index in [-0.39, 0.29) is 22.8 Å². The molecule has 5 heteroatoms. The number of hydrogen-bond acceptors (Lipinski definition) is 2. The van der Waals surface area contributed by atoms with Crippen LogP contribution in [0.1, 0.15) is 19.3 Å². The molecule has 3 nitrogen and oxygen atoms in total. The molecule has 1 fully saturated rings. The lowest BCUT2D eigenvalue weighted by Crippen LogP contribution is -2.29. The van der Waals surface area contributed by atoms with Crippen LogP contribution in [0.3, 0.4) is 0 Å². The van der Waals surface area contributed by atoms with Gasteiger partial charge in [0.05, 0.1) is 5.02 Å². The van der Waals surface area contributed by atoms with Crippen molar-refractivity contribution in [3.05, 3.63) is 29.0 Å². The van der Waals surface area contributed by atoms with Crippen molar-refractivity contribution in [3.8, 4) is 0 Å². The van der Waals surface area contributed by atoms with Crippen LogP contribution >= 0.6 is 11.6 Å². The van der Waals surface area contributed by atoms with Crippen LogP contribution in [-0.4, -0.2) is 12.5 Å². The fraction of sp³-hybridized carbons (Fsp3) is 0.462. The van der Waals surface area contributed by atoms with Gasteiger partial charge in [-0.05, 0) is 43.5 Å². The van der Waals surface area contributed by atoms with Crippen molar-refractivity contribution in [1.82, 2.24) is 0 Å². The Bertz CT molecular complexity index is 453. The van der Waals surface area contributed by atoms with Crippen molar-refractivity contribution in [2.45, 2.75) is 19.3 Å². The number of amides is 1. The van der Waals surface area contributed by atoms with Crippen molar-refractivity contribution >= 4 is 23.2 Å². The average molecular weight is 271 g/mol. The highest BCUT2D eigenvalue weighted by molar-refractivity contribution is 6.30. The number of hydrogen-bond donors (Lipinski definition) is 2. The highest BCUT2D eigenvalue weighted by atomic mass is 35.5. The number of benzene rings is 1. The number of anilines is 1. The van der Waals surface area contributed by atoms with Crippen molar-refractivity contribution < 1.29 is 9.18 Å². The maximum atomic E-state index is 13.2. The predicted molar refractivity (Wildman–Crippen MR) is 69.9 cm³/mol. The SMILES string of the molecule is NC[C@H]1CCC[C@H]1C(=O)Nc1ccc(Cl)c(F)c1. The van der Waals surface area contributed by atoms with Gasteiger partial charge < -0.3 is 11.1 Å². The molecule has 2 atom stereocenters. The summed E-state index contributed by atoms with van der Waals surface area (Å²) in [6.45, 7) is 0.521. The van der Waals surface area contributed by atoms with Crippen molar-refractivity contribution in [1.29, 1.82) is 0 Å². The van der Waals surface area contributed by atoms with Gasteiger partial charge in [0, 0.05) is 11.6 Å². The van der Waals surface area contributed by atoms with Crippen LogP contribution in [0, 0.1) is 17.7 Å². The largest absolute Gasteiger partial charge is 0.330 e. The van der Waals surface area contributed by atoms with Crippen LogP contribution in [0.5, 0.6) is 0 Å². The van der Waals surface area contributed by atoms with Gasteiger partial charge >= 0.3 is 0 Å². The maximum absolute atomic E-state index is 13.2. The second-order valence-corrected chi connectivity index (χ2v) is 5.06. The van der Waals surface area contributed by atoms with E-state index >= 15 is 0 Å². The summed E-state index contributed by atoms with van der Waals surface area (Å²) in [5, 5.41) is 2.77. The van der Waals surface area contributed by atoms with Gasteiger partial charge in [-0.2, -0.15) is 0 Å². The molecule has 1 aromatic rings. The van der Waals surface area contributed by atoms with E-state index < -0.39 is 5.82 Å². The summed E-state index contributed by atoms with van der Waals surface area (Å²) in [7, 11) is 0. The summed E-state index contributed by atoms with van der Waals surface area (Å²) in [5.41, 5.74) is 6.08. The summed E-state index contributed by atoms with van der Waals surface area (Å²) in [4.78, 5) is 12.1. The smallest absolute Gasteiger partial charge is 0.227 e. The molecule has 0 bridgehead atoms. The molecule has 3 N–H and O–H groups in total. The van der Waals surface area contributed by atoms with E-state index in [9.17, 15) is 9.18 Å². The van der Waals surface area contributed by atoms with Gasteiger partial charge in [0.1, 0.15) is 5.82 Å². The van der Waals surface area contributed by atoms with Crippen LogP contribution in [0.2, 0.25) is 5.02 Å². The first-order chi connectivity index (χ1) is 8.61. The van der Waals surface area contributed by atoms with Crippen LogP contribution in [-0.2, 0) is 4.79 Å². The summed E-state index contributed by atoms with van der Waals surface area (Å²) in [5.74, 6) is -0.433. The Hall–Kier alpha value is -1.13. The van der Waals surface area contributed by atoms with E-state index in [1.807, 2.05) is 0 Å². The lowest BCUT2D eigenvalue weighted by molar-refractivity contribution is -0.120.